The Morgan fingerprint density at radius 2 is 1.89 bits per heavy atom. The van der Waals surface area contributed by atoms with E-state index in [4.69, 9.17) is 15.2 Å². The highest BCUT2D eigenvalue weighted by atomic mass is 19.4. The Balaban J connectivity index is 1.63. The highest BCUT2D eigenvalue weighted by Gasteiger charge is 2.31. The van der Waals surface area contributed by atoms with Crippen molar-refractivity contribution in [1.29, 1.82) is 0 Å². The fraction of sp³-hybridized carbons (Fsp3) is 0.423. The molecule has 0 radical (unpaired) electrons. The van der Waals surface area contributed by atoms with E-state index in [1.165, 1.54) is 12.8 Å². The Kier molecular flexibility index (Phi) is 6.98. The van der Waals surface area contributed by atoms with Gasteiger partial charge in [-0.25, -0.2) is 0 Å². The number of nitrogen functional groups attached to an aromatic ring is 1. The molecule has 9 heteroatoms. The average Bonchev–Trinajstić information content (AvgIpc) is 3.63. The fourth-order valence-electron chi connectivity index (χ4n) is 4.16. The molecule has 1 heterocycles. The van der Waals surface area contributed by atoms with Crippen molar-refractivity contribution in [3.05, 3.63) is 53.2 Å². The van der Waals surface area contributed by atoms with Crippen LogP contribution in [-0.4, -0.2) is 43.2 Å². The van der Waals surface area contributed by atoms with Gasteiger partial charge < -0.3 is 25.4 Å². The Morgan fingerprint density at radius 3 is 2.54 bits per heavy atom. The smallest absolute Gasteiger partial charge is 0.416 e. The molecule has 0 unspecified atom stereocenters. The zero-order valence-corrected chi connectivity index (χ0v) is 20.4. The second kappa shape index (κ2) is 9.81. The van der Waals surface area contributed by atoms with Crippen molar-refractivity contribution >= 4 is 22.3 Å². The van der Waals surface area contributed by atoms with Gasteiger partial charge in [-0.15, -0.1) is 0 Å². The van der Waals surface area contributed by atoms with Gasteiger partial charge in [0.1, 0.15) is 6.61 Å². The first-order valence-corrected chi connectivity index (χ1v) is 11.6. The van der Waals surface area contributed by atoms with Gasteiger partial charge in [0.05, 0.1) is 18.2 Å². The number of methoxy groups -OCH3 is 1. The van der Waals surface area contributed by atoms with Gasteiger partial charge in [-0.05, 0) is 69.6 Å². The van der Waals surface area contributed by atoms with E-state index in [9.17, 15) is 13.2 Å². The Morgan fingerprint density at radius 1 is 1.14 bits per heavy atom. The van der Waals surface area contributed by atoms with Gasteiger partial charge >= 0.3 is 6.18 Å². The van der Waals surface area contributed by atoms with Crippen LogP contribution in [0.3, 0.4) is 0 Å². The summed E-state index contributed by atoms with van der Waals surface area (Å²) < 4.78 is 51.5. The van der Waals surface area contributed by atoms with Crippen LogP contribution < -0.4 is 20.5 Å². The van der Waals surface area contributed by atoms with Gasteiger partial charge in [0.25, 0.3) is 0 Å². The molecule has 1 aliphatic carbocycles. The first-order chi connectivity index (χ1) is 16.5. The molecule has 0 amide bonds. The lowest BCUT2D eigenvalue weighted by molar-refractivity contribution is -0.137. The topological polar surface area (TPSA) is 72.6 Å². The summed E-state index contributed by atoms with van der Waals surface area (Å²) in [6.45, 7) is 4.97. The number of rotatable bonds is 9. The number of hydrogen-bond acceptors (Lipinski definition) is 6. The van der Waals surface area contributed by atoms with E-state index < -0.39 is 17.8 Å². The largest absolute Gasteiger partial charge is 0.493 e. The van der Waals surface area contributed by atoms with Crippen LogP contribution in [0.2, 0.25) is 0 Å². The molecule has 3 aromatic rings. The molecule has 1 aliphatic rings. The lowest BCUT2D eigenvalue weighted by atomic mass is 10.0. The number of aromatic nitrogens is 1. The van der Waals surface area contributed by atoms with Gasteiger partial charge in [-0.2, -0.15) is 13.2 Å². The quantitative estimate of drug-likeness (QED) is 0.371. The predicted molar refractivity (Wildman–Crippen MR) is 132 cm³/mol. The number of hydrogen-bond donors (Lipinski definition) is 2. The van der Waals surface area contributed by atoms with Crippen LogP contribution in [0.15, 0.2) is 36.4 Å². The number of anilines is 2. The first kappa shape index (κ1) is 24.9. The molecular formula is C26H31F3N4O2. The van der Waals surface area contributed by atoms with Crippen LogP contribution in [-0.2, 0) is 6.18 Å². The van der Waals surface area contributed by atoms with Crippen molar-refractivity contribution in [2.24, 2.45) is 0 Å². The number of benzene rings is 2. The van der Waals surface area contributed by atoms with Crippen molar-refractivity contribution in [1.82, 2.24) is 9.88 Å². The zero-order chi connectivity index (χ0) is 25.3. The van der Waals surface area contributed by atoms with Crippen molar-refractivity contribution in [2.75, 3.05) is 38.4 Å². The zero-order valence-electron chi connectivity index (χ0n) is 20.4. The van der Waals surface area contributed by atoms with E-state index in [1.54, 1.807) is 20.1 Å². The molecule has 0 bridgehead atoms. The van der Waals surface area contributed by atoms with Gasteiger partial charge in [-0.1, -0.05) is 0 Å². The summed E-state index contributed by atoms with van der Waals surface area (Å²) in [6.07, 6.45) is -2.02. The minimum atomic E-state index is -4.47. The molecule has 0 spiro atoms. The minimum Gasteiger partial charge on any atom is -0.493 e. The number of pyridine rings is 1. The molecule has 188 valence electrons. The fourth-order valence-corrected chi connectivity index (χ4v) is 4.16. The number of nitrogens with one attached hydrogen (secondary N) is 1. The van der Waals surface area contributed by atoms with Crippen molar-refractivity contribution < 1.29 is 22.6 Å². The van der Waals surface area contributed by atoms with Crippen LogP contribution in [0, 0.1) is 6.92 Å². The Hall–Kier alpha value is -3.20. The monoisotopic (exact) mass is 488 g/mol. The van der Waals surface area contributed by atoms with Crippen LogP contribution >= 0.6 is 0 Å². The molecule has 6 nitrogen and oxygen atoms in total. The minimum absolute atomic E-state index is 0.0656. The summed E-state index contributed by atoms with van der Waals surface area (Å²) >= 11 is 0. The number of aryl methyl sites for hydroxylation is 1. The summed E-state index contributed by atoms with van der Waals surface area (Å²) in [5.74, 6) is 1.17. The van der Waals surface area contributed by atoms with Crippen LogP contribution in [0.25, 0.3) is 10.9 Å². The van der Waals surface area contributed by atoms with Gasteiger partial charge in [0.2, 0.25) is 0 Å². The van der Waals surface area contributed by atoms with Crippen LogP contribution in [0.5, 0.6) is 11.5 Å². The SMILES string of the molecule is COc1cc2nc(C)cc(N[C@H](C)c3cc(N)cc(C(F)(F)F)c3)c2cc1OCCN(C)C1CC1. The number of nitrogens with two attached hydrogens (primary N) is 1. The molecule has 1 saturated carbocycles. The first-order valence-electron chi connectivity index (χ1n) is 11.6. The normalized spacial score (nSPS) is 14.9. The summed E-state index contributed by atoms with van der Waals surface area (Å²) in [6, 6.07) is 9.38. The average molecular weight is 489 g/mol. The van der Waals surface area contributed by atoms with E-state index in [2.05, 4.69) is 22.2 Å². The van der Waals surface area contributed by atoms with Gasteiger partial charge in [0.15, 0.2) is 11.5 Å². The van der Waals surface area contributed by atoms with Crippen molar-refractivity contribution in [2.45, 2.75) is 44.9 Å². The predicted octanol–water partition coefficient (Wildman–Crippen LogP) is 5.80. The highest BCUT2D eigenvalue weighted by Crippen LogP contribution is 2.38. The standard InChI is InChI=1S/C26H31F3N4O2/c1-15-9-22(32-16(2)17-10-18(26(27,28)29)12-19(30)11-17)21-13-25(24(34-4)14-23(21)31-15)35-8-7-33(3)20-5-6-20/h9-14,16,20H,5-8,30H2,1-4H3,(H,31,32)/t16-/m1/s1. The second-order valence-electron chi connectivity index (χ2n) is 9.14. The molecular weight excluding hydrogens is 457 g/mol. The molecule has 35 heavy (non-hydrogen) atoms. The summed E-state index contributed by atoms with van der Waals surface area (Å²) in [5.41, 5.74) is 7.70. The second-order valence-corrected chi connectivity index (χ2v) is 9.14. The third kappa shape index (κ3) is 5.90. The number of halogens is 3. The number of alkyl halides is 3. The number of fused-ring (bicyclic) bond motifs is 1. The Bertz CT molecular complexity index is 1210. The van der Waals surface area contributed by atoms with Gasteiger partial charge in [-0.3, -0.25) is 4.98 Å². The molecule has 2 aromatic carbocycles. The maximum atomic E-state index is 13.3. The van der Waals surface area contributed by atoms with E-state index in [0.717, 1.165) is 35.4 Å². The van der Waals surface area contributed by atoms with E-state index in [-0.39, 0.29) is 5.69 Å². The summed E-state index contributed by atoms with van der Waals surface area (Å²) in [7, 11) is 3.68. The summed E-state index contributed by atoms with van der Waals surface area (Å²) in [4.78, 5) is 6.90. The summed E-state index contributed by atoms with van der Waals surface area (Å²) in [5, 5.41) is 4.13. The molecule has 1 fully saturated rings. The maximum absolute atomic E-state index is 13.3. The highest BCUT2D eigenvalue weighted by molar-refractivity contribution is 5.94. The third-order valence-electron chi connectivity index (χ3n) is 6.27. The van der Waals surface area contributed by atoms with Crippen molar-refractivity contribution in [3.63, 3.8) is 0 Å². The number of likely N-dealkylation sites (N-methyl/N-ethyl adjacent to an activating group) is 1. The van der Waals surface area contributed by atoms with E-state index >= 15 is 0 Å². The molecule has 4 rings (SSSR count). The molecule has 1 atom stereocenters. The molecule has 1 aromatic heterocycles. The number of ether oxygens (including phenoxy) is 2. The van der Waals surface area contributed by atoms with Crippen LogP contribution in [0.1, 0.15) is 42.6 Å². The Labute approximate surface area is 203 Å². The van der Waals surface area contributed by atoms with Crippen LogP contribution in [0.4, 0.5) is 24.5 Å². The lowest BCUT2D eigenvalue weighted by Crippen LogP contribution is -2.26. The van der Waals surface area contributed by atoms with E-state index in [1.807, 2.05) is 25.1 Å². The van der Waals surface area contributed by atoms with Gasteiger partial charge in [0, 0.05) is 47.1 Å². The molecule has 0 saturated heterocycles. The molecule has 0 aliphatic heterocycles. The molecule has 3 N–H and O–H groups in total. The maximum Gasteiger partial charge on any atom is 0.416 e. The third-order valence-corrected chi connectivity index (χ3v) is 6.27. The number of nitrogens with zero attached hydrogens (tertiary/aromatic N) is 2. The lowest BCUT2D eigenvalue weighted by Gasteiger charge is -2.21. The van der Waals surface area contributed by atoms with Crippen molar-refractivity contribution in [3.8, 4) is 11.5 Å². The van der Waals surface area contributed by atoms with E-state index in [0.29, 0.717) is 35.2 Å².